The average Bonchev–Trinajstić information content (AvgIpc) is 3.92. The Morgan fingerprint density at radius 2 is 1.14 bits per heavy atom. The van der Waals surface area contributed by atoms with Crippen molar-refractivity contribution in [2.24, 2.45) is 17.8 Å². The zero-order valence-corrected chi connectivity index (χ0v) is 50.8. The smallest absolute Gasteiger partial charge is 0.565 e. The molecule has 6 aromatic rings. The Morgan fingerprint density at radius 3 is 1.66 bits per heavy atom. The number of carboxylic acid groups (broad SMARTS) is 2. The fourth-order valence-electron chi connectivity index (χ4n) is 6.21. The van der Waals surface area contributed by atoms with Crippen LogP contribution in [0.25, 0.3) is 32.7 Å². The summed E-state index contributed by atoms with van der Waals surface area (Å²) >= 11 is 3.35. The van der Waals surface area contributed by atoms with Crippen LogP contribution < -0.4 is 143 Å². The molecule has 2 N–H and O–H groups in total. The molecular formula is C43H50BrCs2N6O12+. The van der Waals surface area contributed by atoms with Crippen LogP contribution in [-0.2, 0) is 41.5 Å². The van der Waals surface area contributed by atoms with Gasteiger partial charge in [-0.15, -0.1) is 0 Å². The van der Waals surface area contributed by atoms with E-state index < -0.39 is 6.16 Å². The summed E-state index contributed by atoms with van der Waals surface area (Å²) in [7, 11) is 0. The number of rotatable bonds is 11. The number of H-pyrrole nitrogens is 1. The van der Waals surface area contributed by atoms with E-state index >= 15 is 0 Å². The van der Waals surface area contributed by atoms with Crippen LogP contribution in [0.2, 0.25) is 0 Å². The topological polar surface area (TPSA) is 231 Å². The Balaban J connectivity index is 0.000000229. The number of alkyl halides is 1. The zero-order valence-electron chi connectivity index (χ0n) is 36.7. The summed E-state index contributed by atoms with van der Waals surface area (Å²) in [5.74, 6) is 0.676. The van der Waals surface area contributed by atoms with Gasteiger partial charge in [-0.2, -0.15) is 15.3 Å². The number of fused-ring (bicyclic) bond motifs is 3. The minimum atomic E-state index is -2.08. The number of esters is 3. The molecule has 3 aliphatic heterocycles. The molecule has 0 spiro atoms. The molecule has 18 nitrogen and oxygen atoms in total. The van der Waals surface area contributed by atoms with Crippen LogP contribution in [0.15, 0.2) is 72.8 Å². The Bertz CT molecular complexity index is 2380. The van der Waals surface area contributed by atoms with Crippen molar-refractivity contribution in [1.82, 2.24) is 29.8 Å². The van der Waals surface area contributed by atoms with Crippen molar-refractivity contribution in [2.45, 2.75) is 33.9 Å². The van der Waals surface area contributed by atoms with Crippen LogP contribution in [0.4, 0.5) is 4.79 Å². The molecule has 3 aliphatic rings. The van der Waals surface area contributed by atoms with Crippen molar-refractivity contribution in [3.05, 3.63) is 89.9 Å². The van der Waals surface area contributed by atoms with Gasteiger partial charge >= 0.3 is 156 Å². The van der Waals surface area contributed by atoms with E-state index in [9.17, 15) is 14.4 Å². The number of hydrogen-bond donors (Lipinski definition) is 2. The number of carbonyl (C=O) groups excluding carboxylic acids is 3. The number of benzene rings is 3. The van der Waals surface area contributed by atoms with E-state index in [0.29, 0.717) is 55.3 Å². The van der Waals surface area contributed by atoms with Crippen molar-refractivity contribution in [3.63, 3.8) is 0 Å². The monoisotopic (exact) mass is 1190 g/mol. The van der Waals surface area contributed by atoms with Gasteiger partial charge < -0.3 is 43.4 Å². The Hall–Kier alpha value is -1.79. The Kier molecular flexibility index (Phi) is 26.4. The molecule has 0 unspecified atom stereocenters. The van der Waals surface area contributed by atoms with E-state index in [1.807, 2.05) is 77.5 Å². The van der Waals surface area contributed by atoms with E-state index in [4.69, 9.17) is 43.4 Å². The molecule has 21 heteroatoms. The molecule has 64 heavy (non-hydrogen) atoms. The maximum Gasteiger partial charge on any atom is 1.00 e. The molecule has 0 radical (unpaired) electrons. The molecule has 332 valence electrons. The maximum absolute atomic E-state index is 12.1. The number of ether oxygens (including phenoxy) is 6. The van der Waals surface area contributed by atoms with E-state index in [-0.39, 0.29) is 156 Å². The quantitative estimate of drug-likeness (QED) is 0.0936. The molecule has 0 bridgehead atoms. The molecule has 6 heterocycles. The largest absolute Gasteiger partial charge is 1.00 e. The summed E-state index contributed by atoms with van der Waals surface area (Å²) in [4.78, 5) is 43.9. The Labute approximate surface area is 496 Å². The number of aromatic amines is 1. The molecule has 0 amide bonds. The van der Waals surface area contributed by atoms with Gasteiger partial charge in [0.2, 0.25) is 6.16 Å². The molecule has 0 atom stereocenters. The van der Waals surface area contributed by atoms with Gasteiger partial charge in [-0.05, 0) is 39.0 Å². The molecule has 3 saturated heterocycles. The number of para-hydroxylation sites is 2. The molecular weight excluding hydrogens is 1140 g/mol. The predicted molar refractivity (Wildman–Crippen MR) is 228 cm³/mol. The fraction of sp³-hybridized carbons (Fsp3) is 0.419. The van der Waals surface area contributed by atoms with Crippen molar-refractivity contribution in [1.29, 1.82) is 0 Å². The normalized spacial score (nSPS) is 14.0. The maximum atomic E-state index is 12.1. The van der Waals surface area contributed by atoms with Crippen molar-refractivity contribution in [3.8, 4) is 0 Å². The van der Waals surface area contributed by atoms with Crippen LogP contribution >= 0.6 is 15.9 Å². The Morgan fingerprint density at radius 1 is 0.672 bits per heavy atom. The van der Waals surface area contributed by atoms with Crippen LogP contribution in [0.5, 0.6) is 0 Å². The van der Waals surface area contributed by atoms with E-state index in [2.05, 4.69) is 36.3 Å². The first-order valence-corrected chi connectivity index (χ1v) is 21.2. The third-order valence-electron chi connectivity index (χ3n) is 9.38. The SMILES string of the molecule is BrCC1COC1.CCOC(=O)c1c2ccccc2nn1CC1COC1.CCOC(=O)c1n[nH]c2ccccc12.CCOC(=O)c1nn(CC2COC2)c2ccccc12.O=C([O-])O.[Cs+].[Cs+]. The number of hydrogen-bond acceptors (Lipinski definition) is 14. The molecule has 3 aromatic carbocycles. The van der Waals surface area contributed by atoms with Gasteiger partial charge in [0, 0.05) is 52.3 Å². The summed E-state index contributed by atoms with van der Waals surface area (Å²) < 4.78 is 34.0. The first kappa shape index (κ1) is 56.5. The zero-order chi connectivity index (χ0) is 44.4. The standard InChI is InChI=1S/2C14H16N2O3.C10H10N2O2.C4H7BrO.CH2O3.2Cs/c1-2-19-14(17)13-11-5-3-4-6-12(11)16(15-13)7-10-8-18-9-10;1-2-19-14(17)13-11-5-3-4-6-12(11)15-16(13)7-10-8-18-9-10;1-2-14-10(13)9-7-5-3-4-6-8(7)11-12-9;5-1-4-2-6-3-4;2-1(3)4;;/h2*3-6,10H,2,7-9H2,1H3;3-6H,2H2,1H3,(H,11,12);4H,1-3H2;(H2,2,3,4);;/q;;;;;2*+1/p-1. The molecule has 0 saturated carbocycles. The third kappa shape index (κ3) is 16.5. The summed E-state index contributed by atoms with van der Waals surface area (Å²) in [5.41, 5.74) is 3.93. The number of carbonyl (C=O) groups is 4. The van der Waals surface area contributed by atoms with Crippen LogP contribution in [0.1, 0.15) is 52.2 Å². The molecule has 0 aliphatic carbocycles. The minimum Gasteiger partial charge on any atom is -0.565 e. The van der Waals surface area contributed by atoms with Crippen molar-refractivity contribution in [2.75, 3.05) is 64.8 Å². The summed E-state index contributed by atoms with van der Waals surface area (Å²) in [5, 5.41) is 34.5. The van der Waals surface area contributed by atoms with E-state index in [1.165, 1.54) is 0 Å². The van der Waals surface area contributed by atoms with Crippen LogP contribution in [0.3, 0.4) is 0 Å². The van der Waals surface area contributed by atoms with Crippen molar-refractivity contribution < 1.29 is 196 Å². The summed E-state index contributed by atoms with van der Waals surface area (Å²) in [6.45, 7) is 12.9. The van der Waals surface area contributed by atoms with E-state index in [0.717, 1.165) is 90.1 Å². The average molecular weight is 1190 g/mol. The van der Waals surface area contributed by atoms with Gasteiger partial charge in [-0.1, -0.05) is 70.5 Å². The van der Waals surface area contributed by atoms with Gasteiger partial charge in [-0.25, -0.2) is 14.4 Å². The second-order valence-corrected chi connectivity index (χ2v) is 14.7. The second-order valence-electron chi connectivity index (χ2n) is 14.0. The second kappa shape index (κ2) is 29.9. The predicted octanol–water partition coefficient (Wildman–Crippen LogP) is -0.618. The molecule has 3 aromatic heterocycles. The minimum absolute atomic E-state index is 0. The fourth-order valence-corrected chi connectivity index (χ4v) is 6.58. The van der Waals surface area contributed by atoms with Gasteiger partial charge in [0.15, 0.2) is 17.1 Å². The van der Waals surface area contributed by atoms with Crippen molar-refractivity contribution >= 4 is 72.7 Å². The molecule has 9 rings (SSSR count). The number of nitrogens with one attached hydrogen (secondary N) is 1. The van der Waals surface area contributed by atoms with E-state index in [1.54, 1.807) is 25.5 Å². The van der Waals surface area contributed by atoms with Gasteiger partial charge in [-0.3, -0.25) is 14.5 Å². The first-order chi connectivity index (χ1) is 30.1. The van der Waals surface area contributed by atoms with Gasteiger partial charge in [0.1, 0.15) is 0 Å². The van der Waals surface area contributed by atoms with Gasteiger partial charge in [0.25, 0.3) is 0 Å². The van der Waals surface area contributed by atoms with Crippen LogP contribution in [0, 0.1) is 17.8 Å². The first-order valence-electron chi connectivity index (χ1n) is 20.1. The van der Waals surface area contributed by atoms with Gasteiger partial charge in [0.05, 0.1) is 76.0 Å². The summed E-state index contributed by atoms with van der Waals surface area (Å²) in [6.07, 6.45) is -2.08. The number of nitrogens with zero attached hydrogens (tertiary/aromatic N) is 5. The third-order valence-corrected chi connectivity index (χ3v) is 10.3. The number of aromatic nitrogens is 6. The molecule has 3 fully saturated rings. The van der Waals surface area contributed by atoms with Crippen LogP contribution in [-0.4, -0.2) is 124 Å². The summed E-state index contributed by atoms with van der Waals surface area (Å²) in [6, 6.07) is 22.8. The number of halogens is 1.